The molecule has 1 aromatic rings. The van der Waals surface area contributed by atoms with Gasteiger partial charge < -0.3 is 10.1 Å². The highest BCUT2D eigenvalue weighted by atomic mass is 19.1. The first-order valence-corrected chi connectivity index (χ1v) is 4.80. The first kappa shape index (κ1) is 10.1. The lowest BCUT2D eigenvalue weighted by atomic mass is 9.90. The van der Waals surface area contributed by atoms with E-state index in [1.807, 2.05) is 0 Å². The average Bonchev–Trinajstić information content (AvgIpc) is 2.28. The molecule has 0 radical (unpaired) electrons. The highest BCUT2D eigenvalue weighted by molar-refractivity contribution is 5.79. The van der Waals surface area contributed by atoms with E-state index in [2.05, 4.69) is 10.1 Å². The summed E-state index contributed by atoms with van der Waals surface area (Å²) >= 11 is 0. The van der Waals surface area contributed by atoms with Crippen LogP contribution in [0.25, 0.3) is 0 Å². The Kier molecular flexibility index (Phi) is 2.68. The van der Waals surface area contributed by atoms with Gasteiger partial charge in [0.05, 0.1) is 13.0 Å². The van der Waals surface area contributed by atoms with Crippen molar-refractivity contribution >= 4 is 5.97 Å². The van der Waals surface area contributed by atoms with Crippen LogP contribution < -0.4 is 5.32 Å². The predicted molar refractivity (Wildman–Crippen MR) is 52.9 cm³/mol. The Morgan fingerprint density at radius 1 is 1.60 bits per heavy atom. The zero-order chi connectivity index (χ0) is 10.8. The van der Waals surface area contributed by atoms with Crippen molar-refractivity contribution < 1.29 is 13.9 Å². The maximum absolute atomic E-state index is 13.4. The first-order chi connectivity index (χ1) is 7.24. The van der Waals surface area contributed by atoms with Crippen LogP contribution in [0.4, 0.5) is 4.39 Å². The Balaban J connectivity index is 2.42. The normalized spacial score (nSPS) is 19.5. The number of fused-ring (bicyclic) bond motifs is 1. The van der Waals surface area contributed by atoms with E-state index < -0.39 is 5.92 Å². The van der Waals surface area contributed by atoms with Gasteiger partial charge in [-0.1, -0.05) is 12.1 Å². The number of hydrogen-bond acceptors (Lipinski definition) is 3. The molecule has 0 bridgehead atoms. The largest absolute Gasteiger partial charge is 0.469 e. The smallest absolute Gasteiger partial charge is 0.314 e. The third kappa shape index (κ3) is 1.72. The van der Waals surface area contributed by atoms with Crippen molar-refractivity contribution in [2.24, 2.45) is 0 Å². The van der Waals surface area contributed by atoms with Crippen molar-refractivity contribution in [3.63, 3.8) is 0 Å². The molecule has 0 saturated carbocycles. The van der Waals surface area contributed by atoms with E-state index in [4.69, 9.17) is 0 Å². The van der Waals surface area contributed by atoms with Crippen molar-refractivity contribution in [2.75, 3.05) is 13.7 Å². The van der Waals surface area contributed by atoms with Crippen LogP contribution in [0.1, 0.15) is 17.0 Å². The highest BCUT2D eigenvalue weighted by Gasteiger charge is 2.28. The second-order valence-electron chi connectivity index (χ2n) is 3.51. The van der Waals surface area contributed by atoms with Crippen LogP contribution >= 0.6 is 0 Å². The van der Waals surface area contributed by atoms with Gasteiger partial charge in [0, 0.05) is 18.7 Å². The fourth-order valence-corrected chi connectivity index (χ4v) is 1.89. The summed E-state index contributed by atoms with van der Waals surface area (Å²) in [5.41, 5.74) is 1.31. The molecule has 0 spiro atoms. The van der Waals surface area contributed by atoms with Gasteiger partial charge in [-0.2, -0.15) is 0 Å². The molecule has 4 heteroatoms. The zero-order valence-electron chi connectivity index (χ0n) is 8.42. The van der Waals surface area contributed by atoms with E-state index in [0.717, 1.165) is 5.56 Å². The van der Waals surface area contributed by atoms with E-state index >= 15 is 0 Å². The molecule has 1 aromatic carbocycles. The van der Waals surface area contributed by atoms with Crippen LogP contribution in [0, 0.1) is 5.82 Å². The monoisotopic (exact) mass is 209 g/mol. The lowest BCUT2D eigenvalue weighted by Crippen LogP contribution is -2.33. The molecule has 1 heterocycles. The highest BCUT2D eigenvalue weighted by Crippen LogP contribution is 2.26. The first-order valence-electron chi connectivity index (χ1n) is 4.80. The number of methoxy groups -OCH3 is 1. The maximum Gasteiger partial charge on any atom is 0.314 e. The van der Waals surface area contributed by atoms with Gasteiger partial charge in [-0.15, -0.1) is 0 Å². The number of nitrogens with one attached hydrogen (secondary N) is 1. The summed E-state index contributed by atoms with van der Waals surface area (Å²) in [5, 5.41) is 3.01. The van der Waals surface area contributed by atoms with E-state index in [1.165, 1.54) is 13.2 Å². The molecule has 0 aromatic heterocycles. The number of carbonyl (C=O) groups excluding carboxylic acids is 1. The lowest BCUT2D eigenvalue weighted by Gasteiger charge is -2.24. The standard InChI is InChI=1S/C11H12FNO2/c1-15-11(14)9-6-13-5-8-7(9)3-2-4-10(8)12/h2-4,9,13H,5-6H2,1H3. The summed E-state index contributed by atoms with van der Waals surface area (Å²) in [6.45, 7) is 0.971. The molecule has 3 nitrogen and oxygen atoms in total. The molecule has 15 heavy (non-hydrogen) atoms. The predicted octanol–water partition coefficient (Wildman–Crippen LogP) is 1.19. The minimum Gasteiger partial charge on any atom is -0.469 e. The molecule has 1 atom stereocenters. The Hall–Kier alpha value is -1.42. The minimum absolute atomic E-state index is 0.270. The third-order valence-corrected chi connectivity index (χ3v) is 2.67. The van der Waals surface area contributed by atoms with E-state index in [1.54, 1.807) is 12.1 Å². The fraction of sp³-hybridized carbons (Fsp3) is 0.364. The van der Waals surface area contributed by atoms with Crippen LogP contribution in [0.2, 0.25) is 0 Å². The molecular weight excluding hydrogens is 197 g/mol. The Labute approximate surface area is 87.2 Å². The fourth-order valence-electron chi connectivity index (χ4n) is 1.89. The molecule has 80 valence electrons. The number of halogens is 1. The third-order valence-electron chi connectivity index (χ3n) is 2.67. The van der Waals surface area contributed by atoms with Gasteiger partial charge in [-0.25, -0.2) is 4.39 Å². The van der Waals surface area contributed by atoms with Crippen LogP contribution in [-0.2, 0) is 16.1 Å². The average molecular weight is 209 g/mol. The molecule has 2 rings (SSSR count). The van der Waals surface area contributed by atoms with Crippen LogP contribution in [0.15, 0.2) is 18.2 Å². The Morgan fingerprint density at radius 2 is 2.40 bits per heavy atom. The molecule has 1 N–H and O–H groups in total. The summed E-state index contributed by atoms with van der Waals surface area (Å²) in [4.78, 5) is 11.5. The summed E-state index contributed by atoms with van der Waals surface area (Å²) in [6, 6.07) is 4.80. The van der Waals surface area contributed by atoms with Gasteiger partial charge in [0.25, 0.3) is 0 Å². The van der Waals surface area contributed by atoms with Crippen LogP contribution in [0.3, 0.4) is 0 Å². The quantitative estimate of drug-likeness (QED) is 0.706. The lowest BCUT2D eigenvalue weighted by molar-refractivity contribution is -0.142. The topological polar surface area (TPSA) is 38.3 Å². The summed E-state index contributed by atoms with van der Waals surface area (Å²) < 4.78 is 18.1. The van der Waals surface area contributed by atoms with E-state index in [0.29, 0.717) is 18.7 Å². The molecule has 0 fully saturated rings. The SMILES string of the molecule is COC(=O)C1CNCc2c(F)cccc21. The van der Waals surface area contributed by atoms with E-state index in [-0.39, 0.29) is 11.8 Å². The molecule has 1 aliphatic heterocycles. The summed E-state index contributed by atoms with van der Waals surface area (Å²) in [6.07, 6.45) is 0. The number of benzene rings is 1. The zero-order valence-corrected chi connectivity index (χ0v) is 8.42. The van der Waals surface area contributed by atoms with Gasteiger partial charge in [0.1, 0.15) is 5.82 Å². The summed E-state index contributed by atoms with van der Waals surface area (Å²) in [5.74, 6) is -0.989. The molecule has 1 unspecified atom stereocenters. The van der Waals surface area contributed by atoms with Crippen LogP contribution in [-0.4, -0.2) is 19.6 Å². The van der Waals surface area contributed by atoms with Gasteiger partial charge in [-0.3, -0.25) is 4.79 Å². The number of rotatable bonds is 1. The molecular formula is C11H12FNO2. The number of ether oxygens (including phenoxy) is 1. The van der Waals surface area contributed by atoms with Gasteiger partial charge in [0.2, 0.25) is 0 Å². The van der Waals surface area contributed by atoms with Crippen molar-refractivity contribution in [2.45, 2.75) is 12.5 Å². The summed E-state index contributed by atoms with van der Waals surface area (Å²) in [7, 11) is 1.34. The van der Waals surface area contributed by atoms with Gasteiger partial charge >= 0.3 is 5.97 Å². The molecule has 1 aliphatic rings. The maximum atomic E-state index is 13.4. The number of hydrogen-bond donors (Lipinski definition) is 1. The van der Waals surface area contributed by atoms with Gasteiger partial charge in [0.15, 0.2) is 0 Å². The van der Waals surface area contributed by atoms with Crippen molar-refractivity contribution in [3.05, 3.63) is 35.1 Å². The second kappa shape index (κ2) is 3.98. The minimum atomic E-state index is -0.394. The number of esters is 1. The van der Waals surface area contributed by atoms with Crippen molar-refractivity contribution in [3.8, 4) is 0 Å². The van der Waals surface area contributed by atoms with Gasteiger partial charge in [-0.05, 0) is 11.6 Å². The van der Waals surface area contributed by atoms with E-state index in [9.17, 15) is 9.18 Å². The molecule has 0 amide bonds. The van der Waals surface area contributed by atoms with Crippen LogP contribution in [0.5, 0.6) is 0 Å². The Morgan fingerprint density at radius 3 is 3.13 bits per heavy atom. The number of carbonyl (C=O) groups is 1. The molecule has 0 aliphatic carbocycles. The molecule has 0 saturated heterocycles. The van der Waals surface area contributed by atoms with Crippen molar-refractivity contribution in [1.82, 2.24) is 5.32 Å². The second-order valence-corrected chi connectivity index (χ2v) is 3.51. The Bertz CT molecular complexity index is 392. The van der Waals surface area contributed by atoms with Crippen molar-refractivity contribution in [1.29, 1.82) is 0 Å².